The summed E-state index contributed by atoms with van der Waals surface area (Å²) in [4.78, 5) is 23.3. The summed E-state index contributed by atoms with van der Waals surface area (Å²) in [6.07, 6.45) is 3.05. The summed E-state index contributed by atoms with van der Waals surface area (Å²) >= 11 is 0. The zero-order valence-corrected chi connectivity index (χ0v) is 16.7. The highest BCUT2D eigenvalue weighted by atomic mass is 19.1. The van der Waals surface area contributed by atoms with E-state index in [9.17, 15) is 22.8 Å². The van der Waals surface area contributed by atoms with Gasteiger partial charge in [-0.05, 0) is 66.1 Å². The van der Waals surface area contributed by atoms with Gasteiger partial charge in [0.1, 0.15) is 17.5 Å². The molecule has 3 N–H and O–H groups in total. The highest BCUT2D eigenvalue weighted by Crippen LogP contribution is 2.48. The van der Waals surface area contributed by atoms with Gasteiger partial charge < -0.3 is 15.6 Å². The Morgan fingerprint density at radius 2 is 1.74 bits per heavy atom. The van der Waals surface area contributed by atoms with Gasteiger partial charge in [-0.1, -0.05) is 0 Å². The summed E-state index contributed by atoms with van der Waals surface area (Å²) in [7, 11) is 0. The van der Waals surface area contributed by atoms with E-state index in [1.807, 2.05) is 0 Å². The number of hydrogen-bond donors (Lipinski definition) is 3. The van der Waals surface area contributed by atoms with Gasteiger partial charge in [0, 0.05) is 31.0 Å². The Morgan fingerprint density at radius 3 is 2.32 bits per heavy atom. The predicted molar refractivity (Wildman–Crippen MR) is 111 cm³/mol. The largest absolute Gasteiger partial charge is 0.358 e. The lowest BCUT2D eigenvalue weighted by Gasteiger charge is -2.36. The number of fused-ring (bicyclic) bond motifs is 1. The van der Waals surface area contributed by atoms with Crippen LogP contribution in [-0.2, 0) is 9.59 Å². The minimum absolute atomic E-state index is 0.128. The molecule has 8 heteroatoms. The fourth-order valence-electron chi connectivity index (χ4n) is 4.09. The van der Waals surface area contributed by atoms with Crippen LogP contribution in [0.15, 0.2) is 36.4 Å². The van der Waals surface area contributed by atoms with Crippen LogP contribution in [0.5, 0.6) is 0 Å². The Bertz CT molecular complexity index is 1100. The quantitative estimate of drug-likeness (QED) is 0.424. The van der Waals surface area contributed by atoms with Gasteiger partial charge in [-0.15, -0.1) is 0 Å². The lowest BCUT2D eigenvalue weighted by atomic mass is 9.70. The first-order valence-electron chi connectivity index (χ1n) is 10.2. The molecule has 2 aliphatic rings. The molecule has 1 aliphatic heterocycles. The average Bonchev–Trinajstić information content (AvgIpc) is 3.06. The summed E-state index contributed by atoms with van der Waals surface area (Å²) in [6.45, 7) is 1.48. The van der Waals surface area contributed by atoms with Gasteiger partial charge in [0.25, 0.3) is 0 Å². The normalized spacial score (nSPS) is 19.5. The van der Waals surface area contributed by atoms with Gasteiger partial charge in [0.15, 0.2) is 0 Å². The number of amides is 2. The Morgan fingerprint density at radius 1 is 1.06 bits per heavy atom. The number of carbonyl (C=O) groups excluding carboxylic acids is 2. The molecule has 1 saturated heterocycles. The fraction of sp³-hybridized carbons (Fsp3) is 0.304. The zero-order chi connectivity index (χ0) is 22.0. The Kier molecular flexibility index (Phi) is 5.97. The molecule has 5 nitrogen and oxygen atoms in total. The molecule has 0 atom stereocenters. The van der Waals surface area contributed by atoms with Crippen molar-refractivity contribution >= 4 is 23.2 Å². The molecule has 5 rings (SSSR count). The number of benzene rings is 2. The number of aromatic amines is 1. The first-order chi connectivity index (χ1) is 15.0. The molecule has 0 radical (unpaired) electrons. The number of H-pyrrole nitrogens is 1. The molecule has 1 aromatic heterocycles. The van der Waals surface area contributed by atoms with Crippen molar-refractivity contribution in [3.63, 3.8) is 0 Å². The second-order valence-corrected chi connectivity index (χ2v) is 7.89. The number of hydrogen-bond acceptors (Lipinski definition) is 2. The van der Waals surface area contributed by atoms with E-state index in [0.717, 1.165) is 43.0 Å². The smallest absolute Gasteiger partial charge is 0.221 e. The summed E-state index contributed by atoms with van der Waals surface area (Å²) < 4.78 is 41.4. The van der Waals surface area contributed by atoms with Crippen molar-refractivity contribution in [2.45, 2.75) is 25.2 Å². The van der Waals surface area contributed by atoms with Crippen LogP contribution >= 0.6 is 0 Å². The SMILES string of the molecule is O=C1CCN1.O=CNCC1CC(c2c(-c3ccc(F)cc3)[nH]c3c(F)cc(F)cc23)C1. The molecule has 162 valence electrons. The Balaban J connectivity index is 0.000000407. The first kappa shape index (κ1) is 21.0. The van der Waals surface area contributed by atoms with Crippen LogP contribution in [0.25, 0.3) is 22.2 Å². The van der Waals surface area contributed by atoms with E-state index in [1.54, 1.807) is 12.1 Å². The topological polar surface area (TPSA) is 74.0 Å². The minimum atomic E-state index is -0.645. The molecule has 1 aliphatic carbocycles. The van der Waals surface area contributed by atoms with Gasteiger partial charge in [-0.2, -0.15) is 0 Å². The lowest BCUT2D eigenvalue weighted by Crippen LogP contribution is -2.37. The number of aromatic nitrogens is 1. The van der Waals surface area contributed by atoms with Crippen molar-refractivity contribution in [2.75, 3.05) is 13.1 Å². The van der Waals surface area contributed by atoms with Crippen molar-refractivity contribution in [2.24, 2.45) is 5.92 Å². The van der Waals surface area contributed by atoms with Crippen molar-refractivity contribution in [3.05, 3.63) is 59.4 Å². The Labute approximate surface area is 177 Å². The molecular weight excluding hydrogens is 407 g/mol. The van der Waals surface area contributed by atoms with Gasteiger partial charge in [-0.3, -0.25) is 9.59 Å². The third-order valence-corrected chi connectivity index (χ3v) is 5.81. The highest BCUT2D eigenvalue weighted by Gasteiger charge is 2.34. The molecule has 0 bridgehead atoms. The van der Waals surface area contributed by atoms with Crippen molar-refractivity contribution in [1.29, 1.82) is 0 Å². The van der Waals surface area contributed by atoms with Gasteiger partial charge in [0.05, 0.1) is 11.2 Å². The predicted octanol–water partition coefficient (Wildman–Crippen LogP) is 4.00. The van der Waals surface area contributed by atoms with Crippen LogP contribution in [0, 0.1) is 23.4 Å². The summed E-state index contributed by atoms with van der Waals surface area (Å²) in [5, 5.41) is 5.77. The molecule has 2 fully saturated rings. The first-order valence-corrected chi connectivity index (χ1v) is 10.2. The fourth-order valence-corrected chi connectivity index (χ4v) is 4.09. The standard InChI is InChI=1S/C20H17F3N2O.C3H5NO/c21-14-3-1-12(2-4-14)19-18(13-5-11(6-13)9-24-10-26)16-7-15(22)8-17(23)20(16)25-19;5-3-1-2-4-3/h1-4,7-8,10-11,13,25H,5-6,9H2,(H,24,26);1-2H2,(H,4,5). The van der Waals surface area contributed by atoms with Crippen LogP contribution in [0.4, 0.5) is 13.2 Å². The maximum atomic E-state index is 14.3. The van der Waals surface area contributed by atoms with Crippen molar-refractivity contribution in [3.8, 4) is 11.3 Å². The van der Waals surface area contributed by atoms with Crippen molar-refractivity contribution in [1.82, 2.24) is 15.6 Å². The number of carbonyl (C=O) groups is 2. The van der Waals surface area contributed by atoms with E-state index in [4.69, 9.17) is 0 Å². The summed E-state index contributed by atoms with van der Waals surface area (Å²) in [5.41, 5.74) is 2.53. The maximum absolute atomic E-state index is 14.3. The summed E-state index contributed by atoms with van der Waals surface area (Å²) in [6, 6.07) is 8.14. The van der Waals surface area contributed by atoms with Gasteiger partial charge in [0.2, 0.25) is 12.3 Å². The second-order valence-electron chi connectivity index (χ2n) is 7.89. The third kappa shape index (κ3) is 4.42. The van der Waals surface area contributed by atoms with Crippen molar-refractivity contribution < 1.29 is 22.8 Å². The molecule has 3 aromatic rings. The molecule has 31 heavy (non-hydrogen) atoms. The summed E-state index contributed by atoms with van der Waals surface area (Å²) in [5.74, 6) is -0.970. The zero-order valence-electron chi connectivity index (χ0n) is 16.7. The molecule has 1 saturated carbocycles. The third-order valence-electron chi connectivity index (χ3n) is 5.81. The highest BCUT2D eigenvalue weighted by molar-refractivity contribution is 5.92. The molecule has 0 unspecified atom stereocenters. The monoisotopic (exact) mass is 429 g/mol. The van der Waals surface area contributed by atoms with E-state index < -0.39 is 11.6 Å². The van der Waals surface area contributed by atoms with Crippen LogP contribution in [-0.4, -0.2) is 30.4 Å². The minimum Gasteiger partial charge on any atom is -0.358 e. The maximum Gasteiger partial charge on any atom is 0.221 e. The molecule has 0 spiro atoms. The molecule has 2 aromatic carbocycles. The van der Waals surface area contributed by atoms with E-state index in [1.165, 1.54) is 18.2 Å². The van der Waals surface area contributed by atoms with Gasteiger partial charge >= 0.3 is 0 Å². The lowest BCUT2D eigenvalue weighted by molar-refractivity contribution is -0.125. The number of β-lactam (4-membered cyclic amide) rings is 1. The molecular formula is C23H22F3N3O2. The number of nitrogens with one attached hydrogen (secondary N) is 3. The van der Waals surface area contributed by atoms with Gasteiger partial charge in [-0.25, -0.2) is 13.2 Å². The Hall–Kier alpha value is -3.29. The molecule has 2 amide bonds. The number of rotatable bonds is 5. The molecule has 2 heterocycles. The second kappa shape index (κ2) is 8.83. The van der Waals surface area contributed by atoms with E-state index in [2.05, 4.69) is 15.6 Å². The van der Waals surface area contributed by atoms with E-state index in [0.29, 0.717) is 30.0 Å². The van der Waals surface area contributed by atoms with Crippen LogP contribution in [0.2, 0.25) is 0 Å². The number of halogens is 3. The van der Waals surface area contributed by atoms with Crippen LogP contribution in [0.3, 0.4) is 0 Å². The van der Waals surface area contributed by atoms with Crippen LogP contribution < -0.4 is 10.6 Å². The van der Waals surface area contributed by atoms with Crippen LogP contribution in [0.1, 0.15) is 30.7 Å². The van der Waals surface area contributed by atoms with E-state index in [-0.39, 0.29) is 23.2 Å². The average molecular weight is 429 g/mol. The van der Waals surface area contributed by atoms with E-state index >= 15 is 0 Å².